The van der Waals surface area contributed by atoms with Gasteiger partial charge in [0.1, 0.15) is 0 Å². The highest BCUT2D eigenvalue weighted by Gasteiger charge is 2.25. The van der Waals surface area contributed by atoms with Gasteiger partial charge in [-0.1, -0.05) is 0 Å². The van der Waals surface area contributed by atoms with Crippen molar-refractivity contribution in [3.63, 3.8) is 0 Å². The van der Waals surface area contributed by atoms with Gasteiger partial charge in [-0.05, 0) is 52.5 Å². The number of fused-ring (bicyclic) bond motifs is 21. The smallest absolute Gasteiger partial charge is 0.0548 e. The number of aromatic nitrogens is 3. The van der Waals surface area contributed by atoms with Gasteiger partial charge in [0.05, 0.1) is 16.6 Å². The van der Waals surface area contributed by atoms with E-state index in [1.807, 2.05) is 34.0 Å². The maximum Gasteiger partial charge on any atom is 0.0548 e. The Bertz CT molecular complexity index is 2050. The topological polar surface area (TPSA) is 47.4 Å². The van der Waals surface area contributed by atoms with Crippen LogP contribution in [0.3, 0.4) is 0 Å². The van der Waals surface area contributed by atoms with Crippen LogP contribution in [0.25, 0.3) is 95.3 Å². The van der Waals surface area contributed by atoms with Gasteiger partial charge in [-0.25, -0.2) is 0 Å². The van der Waals surface area contributed by atoms with E-state index in [0.29, 0.717) is 0 Å². The molecule has 0 unspecified atom stereocenters. The number of hydrogen-bond acceptors (Lipinski definition) is 3. The maximum atomic E-state index is 3.59. The van der Waals surface area contributed by atoms with Crippen molar-refractivity contribution in [2.45, 2.75) is 0 Å². The van der Waals surface area contributed by atoms with E-state index in [0.717, 1.165) is 0 Å². The molecule has 6 heterocycles. The first-order valence-electron chi connectivity index (χ1n) is 11.9. The van der Waals surface area contributed by atoms with Gasteiger partial charge in [0.15, 0.2) is 0 Å². The van der Waals surface area contributed by atoms with Gasteiger partial charge < -0.3 is 15.0 Å². The van der Waals surface area contributed by atoms with E-state index in [1.54, 1.807) is 0 Å². The Morgan fingerprint density at radius 3 is 1.03 bits per heavy atom. The Morgan fingerprint density at radius 2 is 0.694 bits per heavy atom. The quantitative estimate of drug-likeness (QED) is 0.169. The van der Waals surface area contributed by atoms with Crippen LogP contribution in [0, 0.1) is 0 Å². The first-order chi connectivity index (χ1) is 17.9. The van der Waals surface area contributed by atoms with E-state index in [4.69, 9.17) is 0 Å². The van der Waals surface area contributed by atoms with E-state index in [2.05, 4.69) is 86.1 Å². The molecule has 0 bridgehead atoms. The predicted molar refractivity (Wildman–Crippen MR) is 161 cm³/mol. The molecule has 10 aromatic rings. The fraction of sp³-hybridized carbons (Fsp3) is 0. The lowest BCUT2D eigenvalue weighted by Crippen LogP contribution is -1.89. The summed E-state index contributed by atoms with van der Waals surface area (Å²) in [7, 11) is 0. The minimum absolute atomic E-state index is 1.24. The molecule has 0 fully saturated rings. The number of benzene rings is 4. The molecule has 0 saturated heterocycles. The van der Waals surface area contributed by atoms with Crippen molar-refractivity contribution >= 4 is 129 Å². The van der Waals surface area contributed by atoms with Crippen molar-refractivity contribution in [2.24, 2.45) is 0 Å². The van der Waals surface area contributed by atoms with Crippen LogP contribution in [0.15, 0.2) is 71.1 Å². The molecule has 0 spiro atoms. The molecule has 0 saturated carbocycles. The van der Waals surface area contributed by atoms with Gasteiger partial charge in [0.25, 0.3) is 0 Å². The van der Waals surface area contributed by atoms with E-state index in [9.17, 15) is 0 Å². The number of aromatic amines is 3. The molecule has 0 aliphatic heterocycles. The number of H-pyrrole nitrogens is 3. The third-order valence-electron chi connectivity index (χ3n) is 8.03. The van der Waals surface area contributed by atoms with Crippen LogP contribution in [0.2, 0.25) is 0 Å². The van der Waals surface area contributed by atoms with Gasteiger partial charge in [-0.2, -0.15) is 0 Å². The van der Waals surface area contributed by atoms with E-state index >= 15 is 0 Å². The van der Waals surface area contributed by atoms with Gasteiger partial charge in [0, 0.05) is 97.3 Å². The lowest BCUT2D eigenvalue weighted by atomic mass is 9.87. The molecule has 0 amide bonds. The highest BCUT2D eigenvalue weighted by Crippen LogP contribution is 2.53. The molecule has 10 rings (SSSR count). The summed E-state index contributed by atoms with van der Waals surface area (Å²) in [6.45, 7) is 0. The van der Waals surface area contributed by atoms with E-state index in [-0.39, 0.29) is 0 Å². The summed E-state index contributed by atoms with van der Waals surface area (Å²) in [6.07, 6.45) is 6.31. The third kappa shape index (κ3) is 1.90. The Kier molecular flexibility index (Phi) is 3.12. The minimum atomic E-state index is 1.24. The molecule has 36 heavy (non-hydrogen) atoms. The van der Waals surface area contributed by atoms with Crippen molar-refractivity contribution in [1.82, 2.24) is 15.0 Å². The van der Waals surface area contributed by atoms with Crippen LogP contribution in [0.4, 0.5) is 0 Å². The standard InChI is InChI=1S/C30H15N3S3/c1-7-31-25-13(1)19-22(28-16(25)4-10-34-28)20-14-2-9-33-27(14)18-6-12-36-30(18)24(20)21-15-3-8-32-26(15)17-5-11-35-29(17)23(19)21/h1-12,31-33H. The van der Waals surface area contributed by atoms with Gasteiger partial charge in [-0.15, -0.1) is 34.0 Å². The fourth-order valence-corrected chi connectivity index (χ4v) is 9.62. The fourth-order valence-electron chi connectivity index (χ4n) is 6.74. The molecule has 3 nitrogen and oxygen atoms in total. The summed E-state index contributed by atoms with van der Waals surface area (Å²) >= 11 is 5.58. The summed E-state index contributed by atoms with van der Waals surface area (Å²) < 4.78 is 4.09. The predicted octanol–water partition coefficient (Wildman–Crippen LogP) is 10.2. The highest BCUT2D eigenvalue weighted by atomic mass is 32.1. The van der Waals surface area contributed by atoms with Crippen LogP contribution < -0.4 is 0 Å². The summed E-state index contributed by atoms with van der Waals surface area (Å²) in [4.78, 5) is 10.8. The monoisotopic (exact) mass is 513 g/mol. The normalized spacial score (nSPS) is 13.0. The second-order valence-corrected chi connectivity index (χ2v) is 12.3. The summed E-state index contributed by atoms with van der Waals surface area (Å²) in [5.74, 6) is 0. The number of thiophene rings is 3. The molecule has 0 atom stereocenters. The lowest BCUT2D eigenvalue weighted by molar-refractivity contribution is 1.49. The van der Waals surface area contributed by atoms with Crippen LogP contribution in [-0.4, -0.2) is 15.0 Å². The van der Waals surface area contributed by atoms with E-state index < -0.39 is 0 Å². The van der Waals surface area contributed by atoms with Gasteiger partial charge in [-0.3, -0.25) is 0 Å². The SMILES string of the molecule is c1cc2c([nH]1)c1ccsc1c1c2c2c3sccc3c3[nH]ccc3c2c2c3sccc3c3[nH]ccc3c12. The van der Waals surface area contributed by atoms with Crippen LogP contribution >= 0.6 is 34.0 Å². The van der Waals surface area contributed by atoms with Crippen molar-refractivity contribution in [3.05, 3.63) is 71.1 Å². The second-order valence-electron chi connectivity index (χ2n) is 9.54. The minimum Gasteiger partial charge on any atom is -0.361 e. The van der Waals surface area contributed by atoms with Crippen molar-refractivity contribution in [1.29, 1.82) is 0 Å². The zero-order chi connectivity index (χ0) is 23.1. The summed E-state index contributed by atoms with van der Waals surface area (Å²) in [5.41, 5.74) is 3.71. The molecule has 0 aliphatic rings. The molecule has 4 aromatic carbocycles. The van der Waals surface area contributed by atoms with Crippen molar-refractivity contribution in [2.75, 3.05) is 0 Å². The second kappa shape index (κ2) is 6.10. The van der Waals surface area contributed by atoms with Crippen LogP contribution in [0.1, 0.15) is 0 Å². The Balaban J connectivity index is 1.78. The van der Waals surface area contributed by atoms with E-state index in [1.165, 1.54) is 95.3 Å². The first-order valence-corrected chi connectivity index (χ1v) is 14.6. The highest BCUT2D eigenvalue weighted by molar-refractivity contribution is 7.20. The van der Waals surface area contributed by atoms with Gasteiger partial charge >= 0.3 is 0 Å². The molecular formula is C30H15N3S3. The number of hydrogen-bond donors (Lipinski definition) is 3. The van der Waals surface area contributed by atoms with Crippen LogP contribution in [-0.2, 0) is 0 Å². The molecule has 3 N–H and O–H groups in total. The average Bonchev–Trinajstić information content (AvgIpc) is 3.73. The Hall–Kier alpha value is -3.84. The lowest BCUT2D eigenvalue weighted by Gasteiger charge is -2.17. The van der Waals surface area contributed by atoms with Crippen LogP contribution in [0.5, 0.6) is 0 Å². The average molecular weight is 514 g/mol. The summed E-state index contributed by atoms with van der Waals surface area (Å²) in [5, 5.41) is 22.9. The largest absolute Gasteiger partial charge is 0.361 e. The maximum absolute atomic E-state index is 3.59. The third-order valence-corrected chi connectivity index (χ3v) is 10.8. The number of rotatable bonds is 0. The molecular weight excluding hydrogens is 499 g/mol. The number of nitrogens with one attached hydrogen (secondary N) is 3. The molecule has 6 aromatic heterocycles. The molecule has 0 aliphatic carbocycles. The Labute approximate surface area is 214 Å². The molecule has 168 valence electrons. The summed E-state index contributed by atoms with van der Waals surface area (Å²) in [6, 6.07) is 13.7. The molecule has 6 heteroatoms. The Morgan fingerprint density at radius 1 is 0.361 bits per heavy atom. The van der Waals surface area contributed by atoms with Crippen molar-refractivity contribution < 1.29 is 0 Å². The molecule has 0 radical (unpaired) electrons. The van der Waals surface area contributed by atoms with Crippen molar-refractivity contribution in [3.8, 4) is 0 Å². The zero-order valence-corrected chi connectivity index (χ0v) is 21.1. The zero-order valence-electron chi connectivity index (χ0n) is 18.7. The first kappa shape index (κ1) is 18.4. The van der Waals surface area contributed by atoms with Gasteiger partial charge in [0.2, 0.25) is 0 Å².